The van der Waals surface area contributed by atoms with E-state index in [2.05, 4.69) is 70.7 Å². The van der Waals surface area contributed by atoms with Crippen molar-refractivity contribution in [2.45, 2.75) is 53.1 Å². The standard InChI is InChI=1S/C14H23N/c1-11(2)15(14(4,5)6)13-10-8-7-9-12(13)3/h7-11H,1-6H3. The minimum atomic E-state index is 0.167. The predicted molar refractivity (Wildman–Crippen MR) is 68.5 cm³/mol. The highest BCUT2D eigenvalue weighted by Gasteiger charge is 2.24. The van der Waals surface area contributed by atoms with Crippen LogP contribution in [-0.4, -0.2) is 11.6 Å². The van der Waals surface area contributed by atoms with Crippen LogP contribution in [0.1, 0.15) is 40.2 Å². The second kappa shape index (κ2) is 4.26. The van der Waals surface area contributed by atoms with Crippen molar-refractivity contribution in [3.8, 4) is 0 Å². The first kappa shape index (κ1) is 12.1. The van der Waals surface area contributed by atoms with Crippen LogP contribution in [0.4, 0.5) is 5.69 Å². The molecule has 0 aliphatic carbocycles. The molecule has 1 rings (SSSR count). The lowest BCUT2D eigenvalue weighted by Crippen LogP contribution is -2.46. The van der Waals surface area contributed by atoms with E-state index in [0.29, 0.717) is 6.04 Å². The second-order valence-electron chi connectivity index (χ2n) is 5.42. The maximum Gasteiger partial charge on any atom is 0.0402 e. The molecule has 0 aromatic heterocycles. The first-order valence-electron chi connectivity index (χ1n) is 5.69. The largest absolute Gasteiger partial charge is 0.364 e. The highest BCUT2D eigenvalue weighted by molar-refractivity contribution is 5.55. The monoisotopic (exact) mass is 205 g/mol. The Morgan fingerprint density at radius 2 is 1.60 bits per heavy atom. The number of nitrogens with zero attached hydrogens (tertiary/aromatic N) is 1. The summed E-state index contributed by atoms with van der Waals surface area (Å²) in [7, 11) is 0. The van der Waals surface area contributed by atoms with Crippen molar-refractivity contribution >= 4 is 5.69 Å². The van der Waals surface area contributed by atoms with Gasteiger partial charge in [-0.15, -0.1) is 0 Å². The summed E-state index contributed by atoms with van der Waals surface area (Å²) >= 11 is 0. The molecule has 0 atom stereocenters. The van der Waals surface area contributed by atoms with Crippen LogP contribution in [0.25, 0.3) is 0 Å². The summed E-state index contributed by atoms with van der Waals surface area (Å²) in [6.45, 7) is 13.5. The Kier molecular flexibility index (Phi) is 3.43. The van der Waals surface area contributed by atoms with Gasteiger partial charge in [0, 0.05) is 17.3 Å². The zero-order chi connectivity index (χ0) is 11.6. The minimum Gasteiger partial charge on any atom is -0.364 e. The molecule has 0 radical (unpaired) electrons. The minimum absolute atomic E-state index is 0.167. The number of hydrogen-bond donors (Lipinski definition) is 0. The van der Waals surface area contributed by atoms with Crippen LogP contribution < -0.4 is 4.90 Å². The van der Waals surface area contributed by atoms with Crippen LogP contribution in [-0.2, 0) is 0 Å². The number of hydrogen-bond acceptors (Lipinski definition) is 1. The van der Waals surface area contributed by atoms with Crippen molar-refractivity contribution in [1.29, 1.82) is 0 Å². The van der Waals surface area contributed by atoms with Gasteiger partial charge in [-0.25, -0.2) is 0 Å². The van der Waals surface area contributed by atoms with Gasteiger partial charge in [-0.2, -0.15) is 0 Å². The van der Waals surface area contributed by atoms with E-state index >= 15 is 0 Å². The van der Waals surface area contributed by atoms with Crippen molar-refractivity contribution < 1.29 is 0 Å². The van der Waals surface area contributed by atoms with E-state index in [1.807, 2.05) is 0 Å². The summed E-state index contributed by atoms with van der Waals surface area (Å²) in [4.78, 5) is 2.47. The summed E-state index contributed by atoms with van der Waals surface area (Å²) in [5.41, 5.74) is 2.86. The Hall–Kier alpha value is -0.980. The van der Waals surface area contributed by atoms with E-state index < -0.39 is 0 Å². The fourth-order valence-electron chi connectivity index (χ4n) is 2.25. The number of para-hydroxylation sites is 1. The van der Waals surface area contributed by atoms with Gasteiger partial charge in [-0.05, 0) is 53.2 Å². The molecule has 0 amide bonds. The molecule has 1 aromatic rings. The van der Waals surface area contributed by atoms with Crippen molar-refractivity contribution in [3.05, 3.63) is 29.8 Å². The summed E-state index contributed by atoms with van der Waals surface area (Å²) in [5.74, 6) is 0. The molecular weight excluding hydrogens is 182 g/mol. The number of rotatable bonds is 2. The van der Waals surface area contributed by atoms with E-state index in [1.54, 1.807) is 0 Å². The third-order valence-corrected chi connectivity index (χ3v) is 2.61. The Bertz CT molecular complexity index is 320. The summed E-state index contributed by atoms with van der Waals surface area (Å²) < 4.78 is 0. The van der Waals surface area contributed by atoms with E-state index in [4.69, 9.17) is 0 Å². The van der Waals surface area contributed by atoms with Gasteiger partial charge in [0.05, 0.1) is 0 Å². The lowest BCUT2D eigenvalue weighted by molar-refractivity contribution is 0.464. The van der Waals surface area contributed by atoms with Gasteiger partial charge in [-0.3, -0.25) is 0 Å². The first-order valence-corrected chi connectivity index (χ1v) is 5.69. The maximum absolute atomic E-state index is 2.47. The molecule has 0 spiro atoms. The highest BCUT2D eigenvalue weighted by Crippen LogP contribution is 2.28. The fourth-order valence-corrected chi connectivity index (χ4v) is 2.25. The molecule has 0 saturated heterocycles. The summed E-state index contributed by atoms with van der Waals surface area (Å²) in [5, 5.41) is 0. The Balaban J connectivity index is 3.17. The molecule has 84 valence electrons. The van der Waals surface area contributed by atoms with Crippen molar-refractivity contribution in [2.24, 2.45) is 0 Å². The Morgan fingerprint density at radius 3 is 2.00 bits per heavy atom. The molecular formula is C14H23N. The number of benzene rings is 1. The van der Waals surface area contributed by atoms with Crippen LogP contribution in [0, 0.1) is 6.92 Å². The smallest absolute Gasteiger partial charge is 0.0402 e. The first-order chi connectivity index (χ1) is 6.84. The lowest BCUT2D eigenvalue weighted by atomic mass is 10.0. The van der Waals surface area contributed by atoms with Gasteiger partial charge >= 0.3 is 0 Å². The van der Waals surface area contributed by atoms with E-state index in [9.17, 15) is 0 Å². The van der Waals surface area contributed by atoms with Gasteiger partial charge < -0.3 is 4.90 Å². The maximum atomic E-state index is 2.47. The second-order valence-corrected chi connectivity index (χ2v) is 5.42. The molecule has 1 heteroatoms. The summed E-state index contributed by atoms with van der Waals surface area (Å²) in [6, 6.07) is 9.12. The molecule has 0 N–H and O–H groups in total. The van der Waals surface area contributed by atoms with E-state index in [1.165, 1.54) is 11.3 Å². The van der Waals surface area contributed by atoms with Crippen LogP contribution >= 0.6 is 0 Å². The average molecular weight is 205 g/mol. The van der Waals surface area contributed by atoms with Gasteiger partial charge in [-0.1, -0.05) is 18.2 Å². The number of aryl methyl sites for hydroxylation is 1. The third-order valence-electron chi connectivity index (χ3n) is 2.61. The van der Waals surface area contributed by atoms with Crippen LogP contribution in [0.2, 0.25) is 0 Å². The predicted octanol–water partition coefficient (Wildman–Crippen LogP) is 4.01. The van der Waals surface area contributed by atoms with Gasteiger partial charge in [0.1, 0.15) is 0 Å². The van der Waals surface area contributed by atoms with Crippen LogP contribution in [0.5, 0.6) is 0 Å². The normalized spacial score (nSPS) is 11.9. The molecule has 15 heavy (non-hydrogen) atoms. The fraction of sp³-hybridized carbons (Fsp3) is 0.571. The molecule has 1 nitrogen and oxygen atoms in total. The van der Waals surface area contributed by atoms with E-state index in [-0.39, 0.29) is 5.54 Å². The molecule has 0 saturated carbocycles. The third kappa shape index (κ3) is 2.74. The molecule has 1 aromatic carbocycles. The van der Waals surface area contributed by atoms with E-state index in [0.717, 1.165) is 0 Å². The Labute approximate surface area is 94.1 Å². The van der Waals surface area contributed by atoms with Crippen LogP contribution in [0.15, 0.2) is 24.3 Å². The van der Waals surface area contributed by atoms with Gasteiger partial charge in [0.15, 0.2) is 0 Å². The zero-order valence-corrected chi connectivity index (χ0v) is 10.8. The quantitative estimate of drug-likeness (QED) is 0.705. The lowest BCUT2D eigenvalue weighted by Gasteiger charge is -2.42. The molecule has 0 heterocycles. The molecule has 0 aliphatic rings. The highest BCUT2D eigenvalue weighted by atomic mass is 15.2. The van der Waals surface area contributed by atoms with Crippen molar-refractivity contribution in [2.75, 3.05) is 4.90 Å². The zero-order valence-electron chi connectivity index (χ0n) is 10.8. The van der Waals surface area contributed by atoms with Crippen molar-refractivity contribution in [1.82, 2.24) is 0 Å². The Morgan fingerprint density at radius 1 is 1.07 bits per heavy atom. The van der Waals surface area contributed by atoms with Gasteiger partial charge in [0.25, 0.3) is 0 Å². The average Bonchev–Trinajstić information content (AvgIpc) is 2.05. The van der Waals surface area contributed by atoms with Crippen molar-refractivity contribution in [3.63, 3.8) is 0 Å². The molecule has 0 bridgehead atoms. The molecule has 0 fully saturated rings. The molecule has 0 unspecified atom stereocenters. The SMILES string of the molecule is Cc1ccccc1N(C(C)C)C(C)(C)C. The van der Waals surface area contributed by atoms with Crippen LogP contribution in [0.3, 0.4) is 0 Å². The molecule has 0 aliphatic heterocycles. The summed E-state index contributed by atoms with van der Waals surface area (Å²) in [6.07, 6.45) is 0. The van der Waals surface area contributed by atoms with Gasteiger partial charge in [0.2, 0.25) is 0 Å². The number of anilines is 1. The topological polar surface area (TPSA) is 3.24 Å².